The van der Waals surface area contributed by atoms with E-state index in [-0.39, 0.29) is 0 Å². The highest BCUT2D eigenvalue weighted by Gasteiger charge is 2.11. The monoisotopic (exact) mass is 250 g/mol. The average Bonchev–Trinajstić information content (AvgIpc) is 2.81. The summed E-state index contributed by atoms with van der Waals surface area (Å²) < 4.78 is 5.43. The number of nitrogens with zero attached hydrogens (tertiary/aromatic N) is 1. The number of hydrogen-bond acceptors (Lipinski definition) is 4. The first kappa shape index (κ1) is 12.3. The lowest BCUT2D eigenvalue weighted by Gasteiger charge is -2.12. The molecule has 0 aliphatic rings. The van der Waals surface area contributed by atoms with Crippen LogP contribution in [0.3, 0.4) is 0 Å². The van der Waals surface area contributed by atoms with Crippen molar-refractivity contribution in [3.05, 3.63) is 39.2 Å². The van der Waals surface area contributed by atoms with E-state index in [1.165, 1.54) is 15.3 Å². The van der Waals surface area contributed by atoms with Gasteiger partial charge in [-0.1, -0.05) is 0 Å². The van der Waals surface area contributed by atoms with Gasteiger partial charge in [-0.05, 0) is 39.3 Å². The largest absolute Gasteiger partial charge is 0.445 e. The van der Waals surface area contributed by atoms with Crippen molar-refractivity contribution in [2.75, 3.05) is 0 Å². The fourth-order valence-corrected chi connectivity index (χ4v) is 2.94. The number of thiophene rings is 1. The quantitative estimate of drug-likeness (QED) is 0.902. The molecule has 0 bridgehead atoms. The molecule has 0 saturated heterocycles. The Morgan fingerprint density at radius 1 is 1.41 bits per heavy atom. The van der Waals surface area contributed by atoms with E-state index in [1.807, 2.05) is 18.3 Å². The molecule has 0 radical (unpaired) electrons. The molecule has 0 saturated carbocycles. The molecule has 92 valence electrons. The van der Waals surface area contributed by atoms with E-state index in [0.717, 1.165) is 11.7 Å². The molecule has 2 heterocycles. The second kappa shape index (κ2) is 5.02. The van der Waals surface area contributed by atoms with Gasteiger partial charge in [0.1, 0.15) is 5.76 Å². The summed E-state index contributed by atoms with van der Waals surface area (Å²) in [6.07, 6.45) is 1.75. The lowest BCUT2D eigenvalue weighted by atomic mass is 10.1. The van der Waals surface area contributed by atoms with Gasteiger partial charge in [-0.25, -0.2) is 4.98 Å². The van der Waals surface area contributed by atoms with Crippen molar-refractivity contribution in [2.45, 2.75) is 40.3 Å². The van der Waals surface area contributed by atoms with Gasteiger partial charge < -0.3 is 9.73 Å². The summed E-state index contributed by atoms with van der Waals surface area (Å²) >= 11 is 1.84. The Labute approximate surface area is 106 Å². The predicted molar refractivity (Wildman–Crippen MR) is 70.3 cm³/mol. The second-order valence-corrected chi connectivity index (χ2v) is 5.80. The lowest BCUT2D eigenvalue weighted by molar-refractivity contribution is 0.432. The highest BCUT2D eigenvalue weighted by Crippen LogP contribution is 2.26. The van der Waals surface area contributed by atoms with Gasteiger partial charge in [0.25, 0.3) is 0 Å². The molecule has 4 heteroatoms. The van der Waals surface area contributed by atoms with Crippen LogP contribution in [0.1, 0.15) is 39.9 Å². The van der Waals surface area contributed by atoms with E-state index < -0.39 is 0 Å². The van der Waals surface area contributed by atoms with Crippen LogP contribution in [0, 0.1) is 20.8 Å². The SMILES string of the molecule is Cc1cnc(CNC(C)c2cc(C)sc2C)o1. The molecule has 1 atom stereocenters. The molecule has 2 aromatic rings. The molecule has 0 amide bonds. The number of nitrogens with one attached hydrogen (secondary N) is 1. The van der Waals surface area contributed by atoms with Crippen LogP contribution in [-0.4, -0.2) is 4.98 Å². The first-order valence-electron chi connectivity index (χ1n) is 5.78. The molecular formula is C13H18N2OS. The van der Waals surface area contributed by atoms with Crippen LogP contribution < -0.4 is 5.32 Å². The van der Waals surface area contributed by atoms with Crippen LogP contribution in [0.25, 0.3) is 0 Å². The first-order valence-corrected chi connectivity index (χ1v) is 6.59. The molecule has 2 rings (SSSR count). The maximum absolute atomic E-state index is 5.43. The van der Waals surface area contributed by atoms with E-state index in [9.17, 15) is 0 Å². The second-order valence-electron chi connectivity index (χ2n) is 4.34. The maximum atomic E-state index is 5.43. The van der Waals surface area contributed by atoms with Crippen molar-refractivity contribution >= 4 is 11.3 Å². The standard InChI is InChI=1S/C13H18N2OS/c1-8-6-15-13(16-8)7-14-10(3)12-5-9(2)17-11(12)4/h5-6,10,14H,7H2,1-4H3. The predicted octanol–water partition coefficient (Wildman–Crippen LogP) is 3.51. The fraction of sp³-hybridized carbons (Fsp3) is 0.462. The van der Waals surface area contributed by atoms with Crippen molar-refractivity contribution in [3.63, 3.8) is 0 Å². The van der Waals surface area contributed by atoms with Crippen molar-refractivity contribution in [1.29, 1.82) is 0 Å². The Hall–Kier alpha value is -1.13. The molecule has 0 aliphatic carbocycles. The van der Waals surface area contributed by atoms with Crippen molar-refractivity contribution in [3.8, 4) is 0 Å². The number of aryl methyl sites for hydroxylation is 3. The number of oxazole rings is 1. The molecule has 1 unspecified atom stereocenters. The third-order valence-corrected chi connectivity index (χ3v) is 3.76. The van der Waals surface area contributed by atoms with Crippen LogP contribution in [0.4, 0.5) is 0 Å². The van der Waals surface area contributed by atoms with Gasteiger partial charge in [-0.3, -0.25) is 0 Å². The zero-order chi connectivity index (χ0) is 12.4. The zero-order valence-corrected chi connectivity index (χ0v) is 11.5. The molecule has 0 fully saturated rings. The number of aromatic nitrogens is 1. The molecule has 2 aromatic heterocycles. The van der Waals surface area contributed by atoms with Gasteiger partial charge in [0, 0.05) is 15.8 Å². The molecule has 3 nitrogen and oxygen atoms in total. The minimum absolute atomic E-state index is 0.326. The highest BCUT2D eigenvalue weighted by atomic mass is 32.1. The molecule has 0 aliphatic heterocycles. The Kier molecular flexibility index (Phi) is 3.64. The normalized spacial score (nSPS) is 12.9. The van der Waals surface area contributed by atoms with Gasteiger partial charge in [-0.15, -0.1) is 11.3 Å². The lowest BCUT2D eigenvalue weighted by Crippen LogP contribution is -2.18. The van der Waals surface area contributed by atoms with Gasteiger partial charge in [0.15, 0.2) is 0 Å². The minimum atomic E-state index is 0.326. The van der Waals surface area contributed by atoms with E-state index in [0.29, 0.717) is 12.6 Å². The van der Waals surface area contributed by atoms with E-state index in [4.69, 9.17) is 4.42 Å². The summed E-state index contributed by atoms with van der Waals surface area (Å²) in [6, 6.07) is 2.57. The van der Waals surface area contributed by atoms with E-state index >= 15 is 0 Å². The van der Waals surface area contributed by atoms with Crippen LogP contribution in [-0.2, 0) is 6.54 Å². The summed E-state index contributed by atoms with van der Waals surface area (Å²) in [5, 5.41) is 3.43. The molecule has 0 aromatic carbocycles. The summed E-state index contributed by atoms with van der Waals surface area (Å²) in [4.78, 5) is 6.92. The van der Waals surface area contributed by atoms with Gasteiger partial charge in [-0.2, -0.15) is 0 Å². The fourth-order valence-electron chi connectivity index (χ4n) is 1.91. The van der Waals surface area contributed by atoms with Crippen molar-refractivity contribution < 1.29 is 4.42 Å². The average molecular weight is 250 g/mol. The number of rotatable bonds is 4. The van der Waals surface area contributed by atoms with Crippen LogP contribution in [0.15, 0.2) is 16.7 Å². The van der Waals surface area contributed by atoms with E-state index in [1.54, 1.807) is 6.20 Å². The molecular weight excluding hydrogens is 232 g/mol. The Balaban J connectivity index is 1.97. The third kappa shape index (κ3) is 2.96. The van der Waals surface area contributed by atoms with Gasteiger partial charge >= 0.3 is 0 Å². The maximum Gasteiger partial charge on any atom is 0.208 e. The van der Waals surface area contributed by atoms with Gasteiger partial charge in [0.2, 0.25) is 5.89 Å². The minimum Gasteiger partial charge on any atom is -0.445 e. The smallest absolute Gasteiger partial charge is 0.208 e. The van der Waals surface area contributed by atoms with Crippen LogP contribution >= 0.6 is 11.3 Å². The molecule has 1 N–H and O–H groups in total. The highest BCUT2D eigenvalue weighted by molar-refractivity contribution is 7.12. The topological polar surface area (TPSA) is 38.1 Å². The van der Waals surface area contributed by atoms with Crippen LogP contribution in [0.2, 0.25) is 0 Å². The van der Waals surface area contributed by atoms with Crippen molar-refractivity contribution in [1.82, 2.24) is 10.3 Å². The summed E-state index contributed by atoms with van der Waals surface area (Å²) in [7, 11) is 0. The summed E-state index contributed by atoms with van der Waals surface area (Å²) in [5.41, 5.74) is 1.37. The van der Waals surface area contributed by atoms with Crippen LogP contribution in [0.5, 0.6) is 0 Å². The van der Waals surface area contributed by atoms with Gasteiger partial charge in [0.05, 0.1) is 12.7 Å². The summed E-state index contributed by atoms with van der Waals surface area (Å²) in [6.45, 7) is 9.06. The molecule has 17 heavy (non-hydrogen) atoms. The van der Waals surface area contributed by atoms with E-state index in [2.05, 4.69) is 37.1 Å². The Bertz CT molecular complexity index is 501. The Morgan fingerprint density at radius 2 is 2.18 bits per heavy atom. The first-order chi connectivity index (χ1) is 8.06. The summed E-state index contributed by atoms with van der Waals surface area (Å²) in [5.74, 6) is 1.61. The zero-order valence-electron chi connectivity index (χ0n) is 10.7. The number of hydrogen-bond donors (Lipinski definition) is 1. The third-order valence-electron chi connectivity index (χ3n) is 2.77. The molecule has 0 spiro atoms. The Morgan fingerprint density at radius 3 is 2.71 bits per heavy atom. The van der Waals surface area contributed by atoms with Crippen molar-refractivity contribution in [2.24, 2.45) is 0 Å².